The smallest absolute Gasteiger partial charge is 0.140 e. The lowest BCUT2D eigenvalue weighted by atomic mass is 10.2. The predicted octanol–water partition coefficient (Wildman–Crippen LogP) is 1.45. The van der Waals surface area contributed by atoms with Gasteiger partial charge < -0.3 is 0 Å². The Morgan fingerprint density at radius 3 is 1.56 bits per heavy atom. The van der Waals surface area contributed by atoms with Gasteiger partial charge in [0, 0.05) is 0 Å². The number of nitrogens with one attached hydrogen (secondary N) is 1. The molecule has 9 heavy (non-hydrogen) atoms. The van der Waals surface area contributed by atoms with Crippen LogP contribution in [-0.4, -0.2) is 8.24 Å². The van der Waals surface area contributed by atoms with E-state index in [0.717, 1.165) is 0 Å². The van der Waals surface area contributed by atoms with Crippen molar-refractivity contribution >= 4 is 8.24 Å². The fourth-order valence-electron chi connectivity index (χ4n) is 0.217. The molecule has 0 atom stereocenters. The Morgan fingerprint density at radius 1 is 1.22 bits per heavy atom. The van der Waals surface area contributed by atoms with Crippen molar-refractivity contribution in [1.29, 1.82) is 0 Å². The molecule has 0 bridgehead atoms. The molecule has 0 radical (unpaired) electrons. The second-order valence-corrected chi connectivity index (χ2v) is 9.06. The summed E-state index contributed by atoms with van der Waals surface area (Å²) in [6.07, 6.45) is 0. The van der Waals surface area contributed by atoms with E-state index < -0.39 is 8.24 Å². The third-order valence-electron chi connectivity index (χ3n) is 2.24. The zero-order valence-electron chi connectivity index (χ0n) is 7.08. The van der Waals surface area contributed by atoms with Gasteiger partial charge in [-0.1, -0.05) is 33.9 Å². The zero-order chi connectivity index (χ0) is 7.71. The van der Waals surface area contributed by atoms with E-state index in [1.165, 1.54) is 0 Å². The molecule has 0 aliphatic heterocycles. The Balaban J connectivity index is 4.14. The van der Waals surface area contributed by atoms with Gasteiger partial charge in [0.05, 0.1) is 0 Å². The van der Waals surface area contributed by atoms with Crippen molar-refractivity contribution in [2.24, 2.45) is 5.84 Å². The van der Waals surface area contributed by atoms with Crippen molar-refractivity contribution < 1.29 is 0 Å². The van der Waals surface area contributed by atoms with Gasteiger partial charge in [-0.15, -0.1) is 0 Å². The molecule has 0 saturated heterocycles. The molecule has 0 aromatic carbocycles. The van der Waals surface area contributed by atoms with Crippen LogP contribution in [0.4, 0.5) is 0 Å². The average Bonchev–Trinajstić information content (AvgIpc) is 1.64. The number of rotatable bonds is 1. The van der Waals surface area contributed by atoms with Gasteiger partial charge in [-0.05, 0) is 5.04 Å². The van der Waals surface area contributed by atoms with Gasteiger partial charge in [0.15, 0.2) is 0 Å². The number of nitrogens with two attached hydrogens (primary N) is 1. The minimum atomic E-state index is -1.35. The summed E-state index contributed by atoms with van der Waals surface area (Å²) >= 11 is 0. The highest BCUT2D eigenvalue weighted by atomic mass is 28.3. The molecule has 0 saturated carbocycles. The molecule has 0 aliphatic carbocycles. The Kier molecular flexibility index (Phi) is 2.44. The summed E-state index contributed by atoms with van der Waals surface area (Å²) in [4.78, 5) is 0. The summed E-state index contributed by atoms with van der Waals surface area (Å²) in [7, 11) is -1.35. The number of hydrogen-bond acceptors (Lipinski definition) is 2. The minimum Gasteiger partial charge on any atom is -0.281 e. The summed E-state index contributed by atoms with van der Waals surface area (Å²) in [6, 6.07) is 0. The quantitative estimate of drug-likeness (QED) is 0.334. The van der Waals surface area contributed by atoms with Gasteiger partial charge in [0.25, 0.3) is 0 Å². The third-order valence-corrected chi connectivity index (χ3v) is 6.71. The van der Waals surface area contributed by atoms with Gasteiger partial charge in [0.1, 0.15) is 8.24 Å². The molecule has 0 heterocycles. The second kappa shape index (κ2) is 2.40. The van der Waals surface area contributed by atoms with Crippen LogP contribution in [-0.2, 0) is 0 Å². The van der Waals surface area contributed by atoms with Crippen LogP contribution in [0.5, 0.6) is 0 Å². The highest BCUT2D eigenvalue weighted by Crippen LogP contribution is 2.32. The van der Waals surface area contributed by atoms with E-state index in [2.05, 4.69) is 39.0 Å². The molecule has 3 heteroatoms. The Hall–Kier alpha value is 0.137. The van der Waals surface area contributed by atoms with Gasteiger partial charge in [-0.3, -0.25) is 10.9 Å². The lowest BCUT2D eigenvalue weighted by Crippen LogP contribution is -2.55. The first-order valence-corrected chi connectivity index (χ1v) is 6.29. The van der Waals surface area contributed by atoms with Crippen molar-refractivity contribution in [3.05, 3.63) is 0 Å². The zero-order valence-corrected chi connectivity index (χ0v) is 8.08. The van der Waals surface area contributed by atoms with E-state index in [1.54, 1.807) is 0 Å². The molecule has 0 aliphatic rings. The number of hydrazine groups is 1. The molecule has 0 rings (SSSR count). The standard InChI is InChI=1S/C6H18N2Si/c1-6(2,3)9(4,5)8-7/h8H,7H2,1-5H3. The van der Waals surface area contributed by atoms with Crippen LogP contribution < -0.4 is 10.9 Å². The van der Waals surface area contributed by atoms with E-state index in [4.69, 9.17) is 5.84 Å². The maximum Gasteiger partial charge on any atom is 0.140 e. The van der Waals surface area contributed by atoms with Crippen LogP contribution >= 0.6 is 0 Å². The van der Waals surface area contributed by atoms with Crippen LogP contribution in [0.1, 0.15) is 20.8 Å². The summed E-state index contributed by atoms with van der Waals surface area (Å²) in [6.45, 7) is 11.1. The van der Waals surface area contributed by atoms with Crippen molar-refractivity contribution in [2.45, 2.75) is 38.9 Å². The Bertz CT molecular complexity index is 93.7. The second-order valence-electron chi connectivity index (χ2n) is 4.02. The molecule has 2 nitrogen and oxygen atoms in total. The van der Waals surface area contributed by atoms with Crippen LogP contribution in [0.25, 0.3) is 0 Å². The lowest BCUT2D eigenvalue weighted by Gasteiger charge is -2.35. The molecular formula is C6H18N2Si. The summed E-state index contributed by atoms with van der Waals surface area (Å²) in [5, 5.41) is 3.27. The van der Waals surface area contributed by atoms with Crippen molar-refractivity contribution in [3.63, 3.8) is 0 Å². The molecular weight excluding hydrogens is 128 g/mol. The summed E-state index contributed by atoms with van der Waals surface area (Å²) in [5.41, 5.74) is 0. The van der Waals surface area contributed by atoms with Crippen molar-refractivity contribution in [3.8, 4) is 0 Å². The molecule has 0 unspecified atom stereocenters. The Labute approximate surface area is 58.9 Å². The first-order valence-electron chi connectivity index (χ1n) is 3.29. The van der Waals surface area contributed by atoms with Gasteiger partial charge in [0.2, 0.25) is 0 Å². The SMILES string of the molecule is CC(C)(C)[Si](C)(C)NN. The van der Waals surface area contributed by atoms with E-state index >= 15 is 0 Å². The van der Waals surface area contributed by atoms with Gasteiger partial charge in [-0.25, -0.2) is 0 Å². The van der Waals surface area contributed by atoms with Crippen molar-refractivity contribution in [2.75, 3.05) is 0 Å². The van der Waals surface area contributed by atoms with Crippen LogP contribution in [0.15, 0.2) is 0 Å². The highest BCUT2D eigenvalue weighted by Gasteiger charge is 2.33. The van der Waals surface area contributed by atoms with Crippen LogP contribution in [0.2, 0.25) is 18.1 Å². The highest BCUT2D eigenvalue weighted by molar-refractivity contribution is 6.77. The topological polar surface area (TPSA) is 38.0 Å². The fourth-order valence-corrected chi connectivity index (χ4v) is 0.650. The normalized spacial score (nSPS) is 14.0. The fraction of sp³-hybridized carbons (Fsp3) is 1.00. The molecule has 0 fully saturated rings. The summed E-state index contributed by atoms with van der Waals surface area (Å²) < 4.78 is 0. The van der Waals surface area contributed by atoms with E-state index in [0.29, 0.717) is 5.04 Å². The molecule has 0 amide bonds. The maximum atomic E-state index is 5.40. The van der Waals surface area contributed by atoms with Crippen LogP contribution in [0, 0.1) is 0 Å². The molecule has 0 aromatic rings. The summed E-state index contributed by atoms with van der Waals surface area (Å²) in [5.74, 6) is 5.40. The number of hydrogen-bond donors (Lipinski definition) is 2. The molecule has 56 valence electrons. The van der Waals surface area contributed by atoms with E-state index in [-0.39, 0.29) is 0 Å². The minimum absolute atomic E-state index is 0.349. The monoisotopic (exact) mass is 146 g/mol. The first kappa shape index (κ1) is 9.14. The Morgan fingerprint density at radius 2 is 1.56 bits per heavy atom. The van der Waals surface area contributed by atoms with E-state index in [9.17, 15) is 0 Å². The molecule has 3 N–H and O–H groups in total. The molecule has 0 aromatic heterocycles. The van der Waals surface area contributed by atoms with Crippen LogP contribution in [0.3, 0.4) is 0 Å². The van der Waals surface area contributed by atoms with Gasteiger partial charge in [-0.2, -0.15) is 0 Å². The van der Waals surface area contributed by atoms with E-state index in [1.807, 2.05) is 0 Å². The first-order chi connectivity index (χ1) is 3.81. The van der Waals surface area contributed by atoms with Crippen molar-refractivity contribution in [1.82, 2.24) is 5.09 Å². The largest absolute Gasteiger partial charge is 0.281 e. The predicted molar refractivity (Wildman–Crippen MR) is 44.5 cm³/mol. The average molecular weight is 146 g/mol. The molecule has 0 spiro atoms. The third kappa shape index (κ3) is 2.08. The van der Waals surface area contributed by atoms with Gasteiger partial charge >= 0.3 is 0 Å². The lowest BCUT2D eigenvalue weighted by molar-refractivity contribution is 0.692. The maximum absolute atomic E-state index is 5.40.